The summed E-state index contributed by atoms with van der Waals surface area (Å²) < 4.78 is 5.19. The van der Waals surface area contributed by atoms with Crippen molar-refractivity contribution in [3.8, 4) is 5.75 Å². The highest BCUT2D eigenvalue weighted by molar-refractivity contribution is 5.85. The van der Waals surface area contributed by atoms with Crippen molar-refractivity contribution in [1.82, 2.24) is 10.2 Å². The molecule has 1 saturated heterocycles. The number of carbonyl (C=O) groups is 1. The number of carbonyl (C=O) groups excluding carboxylic acids is 1. The van der Waals surface area contributed by atoms with Gasteiger partial charge in [-0.15, -0.1) is 0 Å². The Bertz CT molecular complexity index is 524. The number of nitrogens with one attached hydrogen (secondary N) is 1. The van der Waals surface area contributed by atoms with E-state index < -0.39 is 0 Å². The fourth-order valence-electron chi connectivity index (χ4n) is 3.03. The number of rotatable bonds is 3. The molecule has 3 unspecified atom stereocenters. The second kappa shape index (κ2) is 4.48. The molecule has 0 bridgehead atoms. The van der Waals surface area contributed by atoms with E-state index in [9.17, 15) is 4.79 Å². The zero-order valence-electron chi connectivity index (χ0n) is 12.5. The predicted molar refractivity (Wildman–Crippen MR) is 77.4 cm³/mol. The van der Waals surface area contributed by atoms with Gasteiger partial charge in [0.15, 0.2) is 0 Å². The maximum absolute atomic E-state index is 12.4. The summed E-state index contributed by atoms with van der Waals surface area (Å²) in [6, 6.07) is 8.19. The van der Waals surface area contributed by atoms with Gasteiger partial charge >= 0.3 is 0 Å². The number of hydrogen-bond acceptors (Lipinski definition) is 3. The summed E-state index contributed by atoms with van der Waals surface area (Å²) in [4.78, 5) is 14.5. The molecule has 0 spiro atoms. The average Bonchev–Trinajstić information content (AvgIpc) is 2.95. The lowest BCUT2D eigenvalue weighted by Crippen LogP contribution is -2.34. The summed E-state index contributed by atoms with van der Waals surface area (Å²) in [7, 11) is 1.66. The molecule has 1 heterocycles. The molecule has 3 rings (SSSR count). The van der Waals surface area contributed by atoms with Gasteiger partial charge < -0.3 is 9.64 Å². The lowest BCUT2D eigenvalue weighted by molar-refractivity contribution is -0.130. The first-order valence-electron chi connectivity index (χ1n) is 7.16. The molecule has 108 valence electrons. The highest BCUT2D eigenvalue weighted by Crippen LogP contribution is 2.51. The van der Waals surface area contributed by atoms with E-state index in [1.165, 1.54) is 0 Å². The Kier molecular flexibility index (Phi) is 3.01. The second-order valence-electron chi connectivity index (χ2n) is 6.52. The van der Waals surface area contributed by atoms with Crippen molar-refractivity contribution in [1.29, 1.82) is 0 Å². The number of methoxy groups -OCH3 is 1. The van der Waals surface area contributed by atoms with Crippen LogP contribution in [-0.2, 0) is 4.79 Å². The third-order valence-corrected chi connectivity index (χ3v) is 4.54. The molecule has 0 radical (unpaired) electrons. The van der Waals surface area contributed by atoms with Crippen LogP contribution in [0.15, 0.2) is 24.3 Å². The molecule has 1 N–H and O–H groups in total. The molecule has 1 aliphatic heterocycles. The Labute approximate surface area is 120 Å². The van der Waals surface area contributed by atoms with Crippen LogP contribution in [-0.4, -0.2) is 30.0 Å². The summed E-state index contributed by atoms with van der Waals surface area (Å²) in [6.07, 6.45) is 1.06. The maximum Gasteiger partial charge on any atom is 0.241 e. The first-order valence-corrected chi connectivity index (χ1v) is 7.16. The monoisotopic (exact) mass is 274 g/mol. The molecule has 3 atom stereocenters. The molecule has 2 fully saturated rings. The minimum absolute atomic E-state index is 0.0184. The highest BCUT2D eigenvalue weighted by atomic mass is 16.5. The van der Waals surface area contributed by atoms with Gasteiger partial charge in [-0.1, -0.05) is 26.0 Å². The number of benzene rings is 1. The molecule has 1 saturated carbocycles. The molecule has 1 aromatic rings. The third-order valence-electron chi connectivity index (χ3n) is 4.54. The van der Waals surface area contributed by atoms with Gasteiger partial charge in [0.2, 0.25) is 5.91 Å². The van der Waals surface area contributed by atoms with Crippen LogP contribution >= 0.6 is 0 Å². The van der Waals surface area contributed by atoms with Crippen LogP contribution in [0.5, 0.6) is 5.75 Å². The van der Waals surface area contributed by atoms with Gasteiger partial charge in [0.1, 0.15) is 11.9 Å². The Morgan fingerprint density at radius 1 is 1.30 bits per heavy atom. The second-order valence-corrected chi connectivity index (χ2v) is 6.52. The van der Waals surface area contributed by atoms with E-state index in [-0.39, 0.29) is 23.5 Å². The Hall–Kier alpha value is -1.55. The number of nitrogens with zero attached hydrogens (tertiary/aromatic N) is 1. The van der Waals surface area contributed by atoms with E-state index in [1.807, 2.05) is 36.1 Å². The highest BCUT2D eigenvalue weighted by Gasteiger charge is 2.55. The summed E-state index contributed by atoms with van der Waals surface area (Å²) in [5.41, 5.74) is 1.36. The standard InChI is InChI=1S/C16H22N2O2/c1-10-15(19)18(13-9-16(13,2)3)14(17-10)11-5-7-12(20-4)8-6-11/h5-8,10,13-14,17H,9H2,1-4H3. The SMILES string of the molecule is COc1ccc(C2NC(C)C(=O)N2C2CC2(C)C)cc1. The van der Waals surface area contributed by atoms with E-state index in [1.54, 1.807) is 7.11 Å². The summed E-state index contributed by atoms with van der Waals surface area (Å²) >= 11 is 0. The maximum atomic E-state index is 12.4. The largest absolute Gasteiger partial charge is 0.497 e. The predicted octanol–water partition coefficient (Wildman–Crippen LogP) is 2.31. The van der Waals surface area contributed by atoms with Gasteiger partial charge in [0.05, 0.1) is 13.2 Å². The zero-order valence-corrected chi connectivity index (χ0v) is 12.5. The smallest absolute Gasteiger partial charge is 0.241 e. The lowest BCUT2D eigenvalue weighted by atomic mass is 10.1. The first kappa shape index (κ1) is 13.4. The molecule has 20 heavy (non-hydrogen) atoms. The quantitative estimate of drug-likeness (QED) is 0.919. The Balaban J connectivity index is 1.88. The van der Waals surface area contributed by atoms with E-state index >= 15 is 0 Å². The van der Waals surface area contributed by atoms with Gasteiger partial charge in [-0.2, -0.15) is 0 Å². The van der Waals surface area contributed by atoms with Gasteiger partial charge in [-0.25, -0.2) is 0 Å². The van der Waals surface area contributed by atoms with Gasteiger partial charge in [-0.3, -0.25) is 10.1 Å². The van der Waals surface area contributed by atoms with Crippen molar-refractivity contribution < 1.29 is 9.53 Å². The van der Waals surface area contributed by atoms with Gasteiger partial charge in [0, 0.05) is 6.04 Å². The number of ether oxygens (including phenoxy) is 1. The van der Waals surface area contributed by atoms with E-state index in [0.717, 1.165) is 17.7 Å². The van der Waals surface area contributed by atoms with Crippen LogP contribution in [0.2, 0.25) is 0 Å². The van der Waals surface area contributed by atoms with Gasteiger partial charge in [-0.05, 0) is 36.5 Å². The van der Waals surface area contributed by atoms with E-state index in [2.05, 4.69) is 19.2 Å². The molecule has 0 aromatic heterocycles. The van der Waals surface area contributed by atoms with Crippen molar-refractivity contribution >= 4 is 5.91 Å². The fraction of sp³-hybridized carbons (Fsp3) is 0.562. The Morgan fingerprint density at radius 2 is 1.90 bits per heavy atom. The fourth-order valence-corrected chi connectivity index (χ4v) is 3.03. The molecule has 1 aliphatic carbocycles. The van der Waals surface area contributed by atoms with Crippen LogP contribution in [0.1, 0.15) is 38.9 Å². The zero-order chi connectivity index (χ0) is 14.5. The summed E-state index contributed by atoms with van der Waals surface area (Å²) in [5, 5.41) is 3.40. The minimum Gasteiger partial charge on any atom is -0.497 e. The van der Waals surface area contributed by atoms with Crippen molar-refractivity contribution in [2.75, 3.05) is 7.11 Å². The van der Waals surface area contributed by atoms with Crippen LogP contribution in [0.25, 0.3) is 0 Å². The van der Waals surface area contributed by atoms with Crippen molar-refractivity contribution in [2.45, 2.75) is 45.4 Å². The normalized spacial score (nSPS) is 31.5. The van der Waals surface area contributed by atoms with Gasteiger partial charge in [0.25, 0.3) is 0 Å². The summed E-state index contributed by atoms with van der Waals surface area (Å²) in [6.45, 7) is 6.38. The van der Waals surface area contributed by atoms with Crippen LogP contribution in [0, 0.1) is 5.41 Å². The lowest BCUT2D eigenvalue weighted by Gasteiger charge is -2.26. The Morgan fingerprint density at radius 3 is 2.40 bits per heavy atom. The number of amides is 1. The van der Waals surface area contributed by atoms with Crippen LogP contribution in [0.3, 0.4) is 0 Å². The van der Waals surface area contributed by atoms with Crippen LogP contribution < -0.4 is 10.1 Å². The molecular formula is C16H22N2O2. The molecule has 1 aromatic carbocycles. The molecule has 4 heteroatoms. The third kappa shape index (κ3) is 2.08. The molecule has 4 nitrogen and oxygen atoms in total. The molecule has 2 aliphatic rings. The van der Waals surface area contributed by atoms with Crippen molar-refractivity contribution in [2.24, 2.45) is 5.41 Å². The van der Waals surface area contributed by atoms with Crippen molar-refractivity contribution in [3.05, 3.63) is 29.8 Å². The molecular weight excluding hydrogens is 252 g/mol. The number of hydrogen-bond donors (Lipinski definition) is 1. The average molecular weight is 274 g/mol. The minimum atomic E-state index is -0.112. The van der Waals surface area contributed by atoms with Crippen molar-refractivity contribution in [3.63, 3.8) is 0 Å². The molecule has 1 amide bonds. The van der Waals surface area contributed by atoms with E-state index in [4.69, 9.17) is 4.74 Å². The topological polar surface area (TPSA) is 41.6 Å². The first-order chi connectivity index (χ1) is 9.44. The van der Waals surface area contributed by atoms with E-state index in [0.29, 0.717) is 6.04 Å². The summed E-state index contributed by atoms with van der Waals surface area (Å²) in [5.74, 6) is 1.05. The van der Waals surface area contributed by atoms with Crippen LogP contribution in [0.4, 0.5) is 0 Å².